The fourth-order valence-electron chi connectivity index (χ4n) is 5.09. The summed E-state index contributed by atoms with van der Waals surface area (Å²) < 4.78 is 22.6. The largest absolute Gasteiger partial charge is 0.497 e. The number of benzene rings is 3. The van der Waals surface area contributed by atoms with Crippen LogP contribution in [0.4, 0.5) is 0 Å². The second-order valence-electron chi connectivity index (χ2n) is 9.18. The Hall–Kier alpha value is -3.21. The Morgan fingerprint density at radius 1 is 0.941 bits per heavy atom. The van der Waals surface area contributed by atoms with Crippen molar-refractivity contribution >= 4 is 16.7 Å². The highest BCUT2D eigenvalue weighted by atomic mass is 16.5. The van der Waals surface area contributed by atoms with E-state index >= 15 is 0 Å². The average Bonchev–Trinajstić information content (AvgIpc) is 2.86. The molecule has 3 aromatic carbocycles. The first-order valence-corrected chi connectivity index (χ1v) is 12.1. The van der Waals surface area contributed by atoms with Gasteiger partial charge in [0.15, 0.2) is 0 Å². The van der Waals surface area contributed by atoms with Crippen molar-refractivity contribution in [3.63, 3.8) is 0 Å². The van der Waals surface area contributed by atoms with Gasteiger partial charge >= 0.3 is 5.97 Å². The van der Waals surface area contributed by atoms with Gasteiger partial charge in [-0.1, -0.05) is 38.8 Å². The smallest absolute Gasteiger partial charge is 0.343 e. The molecule has 0 aliphatic heterocycles. The van der Waals surface area contributed by atoms with Gasteiger partial charge in [-0.3, -0.25) is 0 Å². The molecule has 2 atom stereocenters. The van der Waals surface area contributed by atoms with Gasteiger partial charge in [-0.15, -0.1) is 0 Å². The molecule has 0 saturated carbocycles. The van der Waals surface area contributed by atoms with E-state index in [1.807, 2.05) is 30.3 Å². The summed E-state index contributed by atoms with van der Waals surface area (Å²) in [7, 11) is 4.86. The van der Waals surface area contributed by atoms with Crippen LogP contribution in [0.15, 0.2) is 42.5 Å². The number of hydrogen-bond donors (Lipinski definition) is 0. The molecule has 5 nitrogen and oxygen atoms in total. The van der Waals surface area contributed by atoms with Crippen LogP contribution >= 0.6 is 0 Å². The van der Waals surface area contributed by atoms with E-state index in [-0.39, 0.29) is 0 Å². The Morgan fingerprint density at radius 2 is 1.74 bits per heavy atom. The molecule has 0 N–H and O–H groups in total. The Kier molecular flexibility index (Phi) is 7.30. The number of carbonyl (C=O) groups excluding carboxylic acids is 1. The predicted octanol–water partition coefficient (Wildman–Crippen LogP) is 6.63. The van der Waals surface area contributed by atoms with E-state index in [1.54, 1.807) is 27.4 Å². The van der Waals surface area contributed by atoms with Gasteiger partial charge in [0.25, 0.3) is 0 Å². The third-order valence-corrected chi connectivity index (χ3v) is 7.03. The molecule has 3 aromatic rings. The normalized spacial score (nSPS) is 17.2. The standard InChI is InChI=1S/C29H34O5/c1-6-7-9-19-15-24-21(12-18(19)2)14-23(31-3)17-26(24)34-29(30)22-13-20-10-8-11-25(32-4)28(20)27(16-22)33-5/h8,10-11,13-14,16-19H,6-7,9,12,15H2,1-5H3/t18-,19?/m0/s1. The molecule has 4 rings (SSSR count). The van der Waals surface area contributed by atoms with E-state index in [4.69, 9.17) is 18.9 Å². The number of ether oxygens (including phenoxy) is 4. The summed E-state index contributed by atoms with van der Waals surface area (Å²) >= 11 is 0. The topological polar surface area (TPSA) is 54.0 Å². The van der Waals surface area contributed by atoms with Crippen LogP contribution in [-0.4, -0.2) is 27.3 Å². The van der Waals surface area contributed by atoms with Crippen molar-refractivity contribution in [3.8, 4) is 23.0 Å². The minimum atomic E-state index is -0.415. The van der Waals surface area contributed by atoms with Crippen molar-refractivity contribution in [2.75, 3.05) is 21.3 Å². The van der Waals surface area contributed by atoms with Crippen molar-refractivity contribution in [2.24, 2.45) is 11.8 Å². The monoisotopic (exact) mass is 462 g/mol. The van der Waals surface area contributed by atoms with Gasteiger partial charge in [0, 0.05) is 6.07 Å². The summed E-state index contributed by atoms with van der Waals surface area (Å²) in [6.07, 6.45) is 5.49. The van der Waals surface area contributed by atoms with E-state index < -0.39 is 5.97 Å². The van der Waals surface area contributed by atoms with Gasteiger partial charge in [-0.2, -0.15) is 0 Å². The van der Waals surface area contributed by atoms with Crippen LogP contribution in [-0.2, 0) is 12.8 Å². The number of carbonyl (C=O) groups is 1. The molecule has 0 radical (unpaired) electrons. The highest BCUT2D eigenvalue weighted by molar-refractivity contribution is 6.01. The first-order valence-electron chi connectivity index (χ1n) is 12.1. The number of esters is 1. The highest BCUT2D eigenvalue weighted by Gasteiger charge is 2.29. The maximum Gasteiger partial charge on any atom is 0.343 e. The molecule has 0 spiro atoms. The molecule has 0 fully saturated rings. The first kappa shape index (κ1) is 23.9. The van der Waals surface area contributed by atoms with Gasteiger partial charge in [0.1, 0.15) is 23.0 Å². The van der Waals surface area contributed by atoms with E-state index in [1.165, 1.54) is 24.8 Å². The maximum atomic E-state index is 13.3. The van der Waals surface area contributed by atoms with Gasteiger partial charge in [-0.05, 0) is 71.9 Å². The zero-order valence-corrected chi connectivity index (χ0v) is 20.8. The van der Waals surface area contributed by atoms with Crippen LogP contribution in [0.3, 0.4) is 0 Å². The van der Waals surface area contributed by atoms with Crippen molar-refractivity contribution in [3.05, 3.63) is 59.2 Å². The maximum absolute atomic E-state index is 13.3. The van der Waals surface area contributed by atoms with E-state index in [2.05, 4.69) is 19.9 Å². The molecular formula is C29H34O5. The number of hydrogen-bond acceptors (Lipinski definition) is 5. The number of fused-ring (bicyclic) bond motifs is 2. The minimum absolute atomic E-state index is 0.415. The summed E-state index contributed by atoms with van der Waals surface area (Å²) in [5.74, 6) is 3.34. The second-order valence-corrected chi connectivity index (χ2v) is 9.18. The van der Waals surface area contributed by atoms with Gasteiger partial charge in [-0.25, -0.2) is 4.79 Å². The van der Waals surface area contributed by atoms with Crippen LogP contribution in [0.5, 0.6) is 23.0 Å². The molecular weight excluding hydrogens is 428 g/mol. The summed E-state index contributed by atoms with van der Waals surface area (Å²) in [4.78, 5) is 13.3. The molecule has 1 unspecified atom stereocenters. The van der Waals surface area contributed by atoms with Crippen molar-refractivity contribution in [2.45, 2.75) is 46.0 Å². The Labute approximate surface area is 202 Å². The second kappa shape index (κ2) is 10.4. The lowest BCUT2D eigenvalue weighted by Gasteiger charge is -2.32. The van der Waals surface area contributed by atoms with Gasteiger partial charge < -0.3 is 18.9 Å². The summed E-state index contributed by atoms with van der Waals surface area (Å²) in [6.45, 7) is 4.55. The Bertz CT molecular complexity index is 1180. The first-order chi connectivity index (χ1) is 16.5. The van der Waals surface area contributed by atoms with Crippen molar-refractivity contribution in [1.82, 2.24) is 0 Å². The number of methoxy groups -OCH3 is 3. The fourth-order valence-corrected chi connectivity index (χ4v) is 5.09. The lowest BCUT2D eigenvalue weighted by Crippen LogP contribution is -2.24. The average molecular weight is 463 g/mol. The molecule has 1 aliphatic carbocycles. The SMILES string of the molecule is CCCCC1Cc2c(cc(OC)cc2OC(=O)c2cc(OC)c3c(OC)cccc3c2)C[C@@H]1C. The molecule has 180 valence electrons. The molecule has 5 heteroatoms. The van der Waals surface area contributed by atoms with E-state index in [0.29, 0.717) is 40.4 Å². The van der Waals surface area contributed by atoms with Crippen LogP contribution < -0.4 is 18.9 Å². The Morgan fingerprint density at radius 3 is 2.44 bits per heavy atom. The quantitative estimate of drug-likeness (QED) is 0.278. The third kappa shape index (κ3) is 4.70. The summed E-state index contributed by atoms with van der Waals surface area (Å²) in [5, 5.41) is 1.68. The third-order valence-electron chi connectivity index (χ3n) is 7.03. The highest BCUT2D eigenvalue weighted by Crippen LogP contribution is 2.41. The molecule has 1 aliphatic rings. The predicted molar refractivity (Wildman–Crippen MR) is 135 cm³/mol. The molecule has 0 heterocycles. The molecule has 0 aromatic heterocycles. The van der Waals surface area contributed by atoms with Crippen LogP contribution in [0, 0.1) is 11.8 Å². The number of unbranched alkanes of at least 4 members (excludes halogenated alkanes) is 1. The zero-order chi connectivity index (χ0) is 24.2. The minimum Gasteiger partial charge on any atom is -0.497 e. The van der Waals surface area contributed by atoms with Crippen molar-refractivity contribution in [1.29, 1.82) is 0 Å². The van der Waals surface area contributed by atoms with Gasteiger partial charge in [0.05, 0.1) is 32.3 Å². The van der Waals surface area contributed by atoms with E-state index in [0.717, 1.165) is 29.2 Å². The molecule has 34 heavy (non-hydrogen) atoms. The lowest BCUT2D eigenvalue weighted by molar-refractivity contribution is 0.0731. The van der Waals surface area contributed by atoms with Crippen LogP contribution in [0.1, 0.15) is 54.6 Å². The zero-order valence-electron chi connectivity index (χ0n) is 20.8. The van der Waals surface area contributed by atoms with Gasteiger partial charge in [0.2, 0.25) is 0 Å². The number of rotatable bonds is 8. The lowest BCUT2D eigenvalue weighted by atomic mass is 9.74. The molecule has 0 amide bonds. The molecule has 0 bridgehead atoms. The van der Waals surface area contributed by atoms with E-state index in [9.17, 15) is 4.79 Å². The summed E-state index contributed by atoms with van der Waals surface area (Å²) in [6, 6.07) is 13.2. The van der Waals surface area contributed by atoms with Crippen LogP contribution in [0.2, 0.25) is 0 Å². The molecule has 0 saturated heterocycles. The van der Waals surface area contributed by atoms with Crippen LogP contribution in [0.25, 0.3) is 10.8 Å². The fraction of sp³-hybridized carbons (Fsp3) is 0.414. The summed E-state index contributed by atoms with van der Waals surface area (Å²) in [5.41, 5.74) is 2.77. The van der Waals surface area contributed by atoms with Crippen molar-refractivity contribution < 1.29 is 23.7 Å². The Balaban J connectivity index is 1.70.